The van der Waals surface area contributed by atoms with E-state index in [-0.39, 0.29) is 6.61 Å². The standard InChI is InChI=1S/C23H18Cl2N2O2/c24-19-12-14-22(20(25)15-19)29-16-23(28)27-26-21(18-9-5-2-6-10-18)13-11-17-7-3-1-4-8-17/h1-15H,16H2,(H,27,28)/b13-11-,26-21+. The topological polar surface area (TPSA) is 50.7 Å². The molecule has 0 atom stereocenters. The highest BCUT2D eigenvalue weighted by Crippen LogP contribution is 2.27. The minimum Gasteiger partial charge on any atom is -0.482 e. The normalized spacial score (nSPS) is 11.4. The molecular weight excluding hydrogens is 407 g/mol. The van der Waals surface area contributed by atoms with Gasteiger partial charge in [0.05, 0.1) is 10.7 Å². The van der Waals surface area contributed by atoms with Crippen LogP contribution in [0.15, 0.2) is 90.0 Å². The molecule has 0 aliphatic rings. The molecule has 3 rings (SSSR count). The molecule has 0 bridgehead atoms. The fourth-order valence-corrected chi connectivity index (χ4v) is 2.90. The van der Waals surface area contributed by atoms with Gasteiger partial charge in [0.1, 0.15) is 5.75 Å². The molecule has 0 saturated heterocycles. The van der Waals surface area contributed by atoms with E-state index in [1.165, 1.54) is 0 Å². The molecule has 0 fully saturated rings. The van der Waals surface area contributed by atoms with Crippen molar-refractivity contribution in [1.82, 2.24) is 5.43 Å². The van der Waals surface area contributed by atoms with Gasteiger partial charge in [-0.1, -0.05) is 89.9 Å². The van der Waals surface area contributed by atoms with Gasteiger partial charge in [0.15, 0.2) is 6.61 Å². The molecule has 0 aliphatic heterocycles. The van der Waals surface area contributed by atoms with Crippen molar-refractivity contribution in [2.45, 2.75) is 0 Å². The smallest absolute Gasteiger partial charge is 0.277 e. The molecular formula is C23H18Cl2N2O2. The van der Waals surface area contributed by atoms with Crippen molar-refractivity contribution >= 4 is 40.9 Å². The summed E-state index contributed by atoms with van der Waals surface area (Å²) >= 11 is 11.9. The minimum absolute atomic E-state index is 0.227. The van der Waals surface area contributed by atoms with Crippen LogP contribution < -0.4 is 10.2 Å². The molecule has 0 unspecified atom stereocenters. The van der Waals surface area contributed by atoms with E-state index in [9.17, 15) is 4.79 Å². The molecule has 0 saturated carbocycles. The van der Waals surface area contributed by atoms with Gasteiger partial charge in [-0.15, -0.1) is 0 Å². The largest absolute Gasteiger partial charge is 0.482 e. The Labute approximate surface area is 179 Å². The first-order valence-electron chi connectivity index (χ1n) is 8.85. The van der Waals surface area contributed by atoms with Crippen molar-refractivity contribution in [1.29, 1.82) is 0 Å². The van der Waals surface area contributed by atoms with Gasteiger partial charge in [0.2, 0.25) is 0 Å². The second kappa shape index (κ2) is 10.5. The third-order valence-corrected chi connectivity index (χ3v) is 4.39. The number of nitrogens with zero attached hydrogens (tertiary/aromatic N) is 1. The molecule has 0 aliphatic carbocycles. The molecule has 0 aromatic heterocycles. The zero-order valence-electron chi connectivity index (χ0n) is 15.4. The van der Waals surface area contributed by atoms with E-state index in [1.54, 1.807) is 18.2 Å². The van der Waals surface area contributed by atoms with Crippen LogP contribution >= 0.6 is 23.2 Å². The van der Waals surface area contributed by atoms with Crippen LogP contribution in [0.4, 0.5) is 0 Å². The molecule has 1 amide bonds. The van der Waals surface area contributed by atoms with Crippen LogP contribution in [0.3, 0.4) is 0 Å². The maximum atomic E-state index is 12.2. The summed E-state index contributed by atoms with van der Waals surface area (Å²) in [6, 6.07) is 24.2. The van der Waals surface area contributed by atoms with Crippen LogP contribution in [-0.4, -0.2) is 18.2 Å². The molecule has 3 aromatic carbocycles. The molecule has 3 aromatic rings. The molecule has 0 heterocycles. The summed E-state index contributed by atoms with van der Waals surface area (Å²) in [5.41, 5.74) is 5.05. The lowest BCUT2D eigenvalue weighted by Crippen LogP contribution is -2.25. The predicted molar refractivity (Wildman–Crippen MR) is 119 cm³/mol. The molecule has 4 nitrogen and oxygen atoms in total. The number of amides is 1. The number of carbonyl (C=O) groups excluding carboxylic acids is 1. The van der Waals surface area contributed by atoms with Gasteiger partial charge in [-0.3, -0.25) is 4.79 Å². The number of halogens is 2. The number of carbonyl (C=O) groups is 1. The van der Waals surface area contributed by atoms with E-state index in [2.05, 4.69) is 10.5 Å². The Morgan fingerprint density at radius 1 is 0.966 bits per heavy atom. The summed E-state index contributed by atoms with van der Waals surface area (Å²) in [5.74, 6) is -0.0278. The van der Waals surface area contributed by atoms with Crippen molar-refractivity contribution in [3.05, 3.63) is 106 Å². The van der Waals surface area contributed by atoms with Crippen LogP contribution in [0.25, 0.3) is 6.08 Å². The van der Waals surface area contributed by atoms with Gasteiger partial charge in [-0.25, -0.2) is 5.43 Å². The summed E-state index contributed by atoms with van der Waals surface area (Å²) in [6.07, 6.45) is 3.78. The number of nitrogens with one attached hydrogen (secondary N) is 1. The van der Waals surface area contributed by atoms with Crippen molar-refractivity contribution < 1.29 is 9.53 Å². The third kappa shape index (κ3) is 6.49. The Bertz CT molecular complexity index is 1020. The Morgan fingerprint density at radius 2 is 1.66 bits per heavy atom. The summed E-state index contributed by atoms with van der Waals surface area (Å²) in [7, 11) is 0. The number of hydrazone groups is 1. The van der Waals surface area contributed by atoms with Crippen LogP contribution in [-0.2, 0) is 4.79 Å². The number of rotatable bonds is 7. The molecule has 1 N–H and O–H groups in total. The fourth-order valence-electron chi connectivity index (χ4n) is 2.44. The summed E-state index contributed by atoms with van der Waals surface area (Å²) in [5, 5.41) is 5.09. The van der Waals surface area contributed by atoms with E-state index in [0.717, 1.165) is 11.1 Å². The zero-order chi connectivity index (χ0) is 20.5. The van der Waals surface area contributed by atoms with E-state index in [1.807, 2.05) is 72.8 Å². The summed E-state index contributed by atoms with van der Waals surface area (Å²) < 4.78 is 5.43. The first-order valence-corrected chi connectivity index (χ1v) is 9.60. The van der Waals surface area contributed by atoms with E-state index >= 15 is 0 Å². The Morgan fingerprint density at radius 3 is 2.34 bits per heavy atom. The van der Waals surface area contributed by atoms with Crippen molar-refractivity contribution in [3.63, 3.8) is 0 Å². The number of benzene rings is 3. The third-order valence-electron chi connectivity index (χ3n) is 3.86. The highest BCUT2D eigenvalue weighted by Gasteiger charge is 2.07. The Kier molecular flexibility index (Phi) is 7.45. The molecule has 6 heteroatoms. The van der Waals surface area contributed by atoms with Gasteiger partial charge < -0.3 is 4.74 Å². The number of allylic oxidation sites excluding steroid dienone is 1. The van der Waals surface area contributed by atoms with Gasteiger partial charge >= 0.3 is 0 Å². The van der Waals surface area contributed by atoms with Crippen molar-refractivity contribution in [3.8, 4) is 5.75 Å². The van der Waals surface area contributed by atoms with Crippen LogP contribution in [0.2, 0.25) is 10.0 Å². The first kappa shape index (κ1) is 20.6. The average molecular weight is 425 g/mol. The predicted octanol–water partition coefficient (Wildman–Crippen LogP) is 5.61. The zero-order valence-corrected chi connectivity index (χ0v) is 16.9. The monoisotopic (exact) mass is 424 g/mol. The number of ether oxygens (including phenoxy) is 1. The SMILES string of the molecule is O=C(COc1ccc(Cl)cc1Cl)N/N=C(\C=C/c1ccccc1)c1ccccc1. The number of hydrogen-bond acceptors (Lipinski definition) is 3. The molecule has 146 valence electrons. The average Bonchev–Trinajstić information content (AvgIpc) is 2.74. The van der Waals surface area contributed by atoms with Crippen LogP contribution in [0.1, 0.15) is 11.1 Å². The molecule has 0 spiro atoms. The van der Waals surface area contributed by atoms with Crippen molar-refractivity contribution in [2.75, 3.05) is 6.61 Å². The minimum atomic E-state index is -0.405. The second-order valence-corrected chi connectivity index (χ2v) is 6.85. The van der Waals surface area contributed by atoms with Crippen LogP contribution in [0.5, 0.6) is 5.75 Å². The fraction of sp³-hybridized carbons (Fsp3) is 0.0435. The lowest BCUT2D eigenvalue weighted by atomic mass is 10.1. The van der Waals surface area contributed by atoms with Gasteiger partial charge in [-0.05, 0) is 29.8 Å². The van der Waals surface area contributed by atoms with Gasteiger partial charge in [0, 0.05) is 10.6 Å². The maximum absolute atomic E-state index is 12.2. The quantitative estimate of drug-likeness (QED) is 0.395. The maximum Gasteiger partial charge on any atom is 0.277 e. The number of hydrogen-bond donors (Lipinski definition) is 1. The second-order valence-electron chi connectivity index (χ2n) is 6.01. The first-order chi connectivity index (χ1) is 14.1. The highest BCUT2D eigenvalue weighted by molar-refractivity contribution is 6.35. The van der Waals surface area contributed by atoms with Crippen molar-refractivity contribution in [2.24, 2.45) is 5.10 Å². The summed E-state index contributed by atoms with van der Waals surface area (Å²) in [6.45, 7) is -0.227. The summed E-state index contributed by atoms with van der Waals surface area (Å²) in [4.78, 5) is 12.2. The highest BCUT2D eigenvalue weighted by atomic mass is 35.5. The molecule has 0 radical (unpaired) electrons. The lowest BCUT2D eigenvalue weighted by Gasteiger charge is -2.08. The van der Waals surface area contributed by atoms with Gasteiger partial charge in [0.25, 0.3) is 5.91 Å². The lowest BCUT2D eigenvalue weighted by molar-refractivity contribution is -0.123. The Hall–Kier alpha value is -3.08. The van der Waals surface area contributed by atoms with E-state index in [0.29, 0.717) is 21.5 Å². The Balaban J connectivity index is 1.68. The van der Waals surface area contributed by atoms with E-state index < -0.39 is 5.91 Å². The van der Waals surface area contributed by atoms with Gasteiger partial charge in [-0.2, -0.15) is 5.10 Å². The van der Waals surface area contributed by atoms with Crippen LogP contribution in [0, 0.1) is 0 Å². The van der Waals surface area contributed by atoms with E-state index in [4.69, 9.17) is 27.9 Å². The molecule has 29 heavy (non-hydrogen) atoms.